The first-order valence-electron chi connectivity index (χ1n) is 10.5. The number of carbonyl (C=O) groups is 1. The summed E-state index contributed by atoms with van der Waals surface area (Å²) in [6.45, 7) is 1.20. The summed E-state index contributed by atoms with van der Waals surface area (Å²) in [7, 11) is 0. The van der Waals surface area contributed by atoms with E-state index in [4.69, 9.17) is 0 Å². The molecule has 0 radical (unpaired) electrons. The summed E-state index contributed by atoms with van der Waals surface area (Å²) in [5.74, 6) is -0.593. The van der Waals surface area contributed by atoms with Crippen LogP contribution in [-0.2, 0) is 11.5 Å². The summed E-state index contributed by atoms with van der Waals surface area (Å²) >= 11 is 0. The maximum atomic E-state index is 13.9. The van der Waals surface area contributed by atoms with Gasteiger partial charge in [0.15, 0.2) is 0 Å². The Morgan fingerprint density at radius 2 is 1.66 bits per heavy atom. The highest BCUT2D eigenvalue weighted by Crippen LogP contribution is 2.36. The first-order chi connectivity index (χ1) is 15.2. The van der Waals surface area contributed by atoms with Crippen molar-refractivity contribution in [2.45, 2.75) is 63.1 Å². The Hall–Kier alpha value is -2.92. The van der Waals surface area contributed by atoms with Crippen LogP contribution >= 0.6 is 0 Å². The molecule has 2 aromatic carbocycles. The molecule has 0 unspecified atom stereocenters. The molecule has 0 heterocycles. The fourth-order valence-corrected chi connectivity index (χ4v) is 3.53. The zero-order chi connectivity index (χ0) is 23.4. The third kappa shape index (κ3) is 5.65. The number of alkyl halides is 4. The Balaban J connectivity index is 1.80. The molecule has 1 aliphatic rings. The van der Waals surface area contributed by atoms with E-state index in [-0.39, 0.29) is 12.0 Å². The molecule has 170 valence electrons. The fourth-order valence-electron chi connectivity index (χ4n) is 3.53. The van der Waals surface area contributed by atoms with Gasteiger partial charge in [-0.1, -0.05) is 61.9 Å². The molecule has 2 aromatic rings. The van der Waals surface area contributed by atoms with E-state index >= 15 is 0 Å². The number of benzene rings is 2. The smallest absolute Gasteiger partial charge is 0.336 e. The van der Waals surface area contributed by atoms with Crippen molar-refractivity contribution < 1.29 is 22.4 Å². The molecule has 1 aliphatic carbocycles. The maximum Gasteiger partial charge on any atom is 0.407 e. The summed E-state index contributed by atoms with van der Waals surface area (Å²) in [4.78, 5) is 12.6. The van der Waals surface area contributed by atoms with Crippen molar-refractivity contribution in [2.75, 3.05) is 0 Å². The second-order valence-corrected chi connectivity index (χ2v) is 8.12. The second kappa shape index (κ2) is 9.70. The molecule has 0 saturated heterocycles. The molecule has 1 amide bonds. The molecule has 1 fully saturated rings. The zero-order valence-corrected chi connectivity index (χ0v) is 17.7. The largest absolute Gasteiger partial charge is 0.407 e. The van der Waals surface area contributed by atoms with E-state index in [1.54, 1.807) is 43.3 Å². The minimum Gasteiger partial charge on any atom is -0.336 e. The van der Waals surface area contributed by atoms with Crippen molar-refractivity contribution in [1.82, 2.24) is 10.6 Å². The lowest BCUT2D eigenvalue weighted by Gasteiger charge is -2.28. The Morgan fingerprint density at radius 1 is 1.09 bits per heavy atom. The lowest BCUT2D eigenvalue weighted by Crippen LogP contribution is -2.51. The van der Waals surface area contributed by atoms with Crippen LogP contribution in [0.2, 0.25) is 0 Å². The Morgan fingerprint density at radius 3 is 2.09 bits per heavy atom. The molecule has 3 rings (SSSR count). The SMILES string of the molecule is CCC[C@H](N[C@@H](c1ccc(-c2ccc(CF)cc2)cc1)C(F)(F)F)C(=O)NC1(C#N)CC1. The number of carbonyl (C=O) groups excluding carboxylic acids is 1. The quantitative estimate of drug-likeness (QED) is 0.509. The summed E-state index contributed by atoms with van der Waals surface area (Å²) < 4.78 is 54.4. The molecule has 2 N–H and O–H groups in total. The molecular formula is C24H25F4N3O. The zero-order valence-electron chi connectivity index (χ0n) is 17.7. The van der Waals surface area contributed by atoms with Crippen LogP contribution in [0.25, 0.3) is 11.1 Å². The molecule has 1 saturated carbocycles. The van der Waals surface area contributed by atoms with Gasteiger partial charge in [0.05, 0.1) is 12.1 Å². The lowest BCUT2D eigenvalue weighted by atomic mass is 9.98. The van der Waals surface area contributed by atoms with Gasteiger partial charge >= 0.3 is 6.18 Å². The highest BCUT2D eigenvalue weighted by molar-refractivity contribution is 5.83. The molecule has 0 bridgehead atoms. The van der Waals surface area contributed by atoms with Crippen molar-refractivity contribution in [2.24, 2.45) is 0 Å². The third-order valence-electron chi connectivity index (χ3n) is 5.60. The van der Waals surface area contributed by atoms with Crippen LogP contribution in [0.4, 0.5) is 17.6 Å². The van der Waals surface area contributed by atoms with Crippen LogP contribution < -0.4 is 10.6 Å². The first-order valence-corrected chi connectivity index (χ1v) is 10.5. The van der Waals surface area contributed by atoms with Gasteiger partial charge in [-0.2, -0.15) is 18.4 Å². The normalized spacial score (nSPS) is 16.6. The summed E-state index contributed by atoms with van der Waals surface area (Å²) in [6.07, 6.45) is -2.90. The minimum atomic E-state index is -4.62. The number of nitrogens with one attached hydrogen (secondary N) is 2. The van der Waals surface area contributed by atoms with Gasteiger partial charge in [0.25, 0.3) is 0 Å². The molecule has 8 heteroatoms. The predicted octanol–water partition coefficient (Wildman–Crippen LogP) is 5.36. The average molecular weight is 447 g/mol. The topological polar surface area (TPSA) is 64.9 Å². The van der Waals surface area contributed by atoms with Gasteiger partial charge in [-0.15, -0.1) is 0 Å². The maximum absolute atomic E-state index is 13.9. The fraction of sp³-hybridized carbons (Fsp3) is 0.417. The molecule has 32 heavy (non-hydrogen) atoms. The molecule has 0 aromatic heterocycles. The number of nitrogens with zero attached hydrogens (tertiary/aromatic N) is 1. The number of nitriles is 1. The highest BCUT2D eigenvalue weighted by Gasteiger charge is 2.47. The van der Waals surface area contributed by atoms with Gasteiger partial charge in [-0.05, 0) is 41.5 Å². The number of amides is 1. The Kier molecular flexibility index (Phi) is 7.19. The van der Waals surface area contributed by atoms with Crippen molar-refractivity contribution in [3.8, 4) is 17.2 Å². The third-order valence-corrected chi connectivity index (χ3v) is 5.60. The number of hydrogen-bond acceptors (Lipinski definition) is 3. The van der Waals surface area contributed by atoms with E-state index < -0.39 is 36.4 Å². The van der Waals surface area contributed by atoms with Crippen molar-refractivity contribution >= 4 is 5.91 Å². The van der Waals surface area contributed by atoms with Crippen molar-refractivity contribution in [3.63, 3.8) is 0 Å². The van der Waals surface area contributed by atoms with Gasteiger partial charge in [0, 0.05) is 0 Å². The van der Waals surface area contributed by atoms with E-state index in [2.05, 4.69) is 10.6 Å². The highest BCUT2D eigenvalue weighted by atomic mass is 19.4. The summed E-state index contributed by atoms with van der Waals surface area (Å²) in [5, 5.41) is 14.2. The summed E-state index contributed by atoms with van der Waals surface area (Å²) in [6, 6.07) is 11.5. The molecule has 4 nitrogen and oxygen atoms in total. The van der Waals surface area contributed by atoms with Crippen LogP contribution in [0.5, 0.6) is 0 Å². The molecular weight excluding hydrogens is 422 g/mol. The Bertz CT molecular complexity index is 961. The second-order valence-electron chi connectivity index (χ2n) is 8.12. The molecule has 0 spiro atoms. The van der Waals surface area contributed by atoms with Gasteiger partial charge < -0.3 is 5.32 Å². The van der Waals surface area contributed by atoms with Gasteiger partial charge in [0.1, 0.15) is 18.3 Å². The number of hydrogen-bond donors (Lipinski definition) is 2. The van der Waals surface area contributed by atoms with Crippen LogP contribution in [0.1, 0.15) is 49.8 Å². The summed E-state index contributed by atoms with van der Waals surface area (Å²) in [5.41, 5.74) is 1.03. The van der Waals surface area contributed by atoms with Crippen LogP contribution in [0.3, 0.4) is 0 Å². The van der Waals surface area contributed by atoms with Crippen LogP contribution in [0, 0.1) is 11.3 Å². The minimum absolute atomic E-state index is 0.0167. The van der Waals surface area contributed by atoms with Crippen LogP contribution in [0.15, 0.2) is 48.5 Å². The lowest BCUT2D eigenvalue weighted by molar-refractivity contribution is -0.161. The molecule has 2 atom stereocenters. The van der Waals surface area contributed by atoms with Crippen LogP contribution in [-0.4, -0.2) is 23.7 Å². The standard InChI is InChI=1S/C24H25F4N3O/c1-2-3-20(22(32)31-23(15-29)12-13-23)30-21(24(26,27)28)19-10-8-18(9-11-19)17-6-4-16(14-25)5-7-17/h4-11,20-21,30H,2-3,12-14H2,1H3,(H,31,32)/t20-,21-/m0/s1. The average Bonchev–Trinajstić information content (AvgIpc) is 3.56. The monoisotopic (exact) mass is 447 g/mol. The van der Waals surface area contributed by atoms with Crippen molar-refractivity contribution in [3.05, 3.63) is 59.7 Å². The first kappa shape index (κ1) is 23.7. The predicted molar refractivity (Wildman–Crippen MR) is 113 cm³/mol. The molecule has 0 aliphatic heterocycles. The van der Waals surface area contributed by atoms with E-state index in [0.717, 1.165) is 5.56 Å². The van der Waals surface area contributed by atoms with Gasteiger partial charge in [0.2, 0.25) is 5.91 Å². The van der Waals surface area contributed by atoms with E-state index in [9.17, 15) is 27.6 Å². The number of halogens is 4. The van der Waals surface area contributed by atoms with E-state index in [1.165, 1.54) is 12.1 Å². The van der Waals surface area contributed by atoms with Gasteiger partial charge in [-0.3, -0.25) is 10.1 Å². The number of rotatable bonds is 9. The van der Waals surface area contributed by atoms with E-state index in [0.29, 0.717) is 30.4 Å². The van der Waals surface area contributed by atoms with Crippen molar-refractivity contribution in [1.29, 1.82) is 5.26 Å². The van der Waals surface area contributed by atoms with Gasteiger partial charge in [-0.25, -0.2) is 4.39 Å². The Labute approximate surface area is 184 Å². The van der Waals surface area contributed by atoms with E-state index in [1.807, 2.05) is 6.07 Å².